The molecule has 3 heterocycles. The third-order valence-electron chi connectivity index (χ3n) is 5.68. The number of fused-ring (bicyclic) bond motifs is 1. The lowest BCUT2D eigenvalue weighted by atomic mass is 10.0. The van der Waals surface area contributed by atoms with Crippen molar-refractivity contribution in [2.45, 2.75) is 39.8 Å². The van der Waals surface area contributed by atoms with Crippen LogP contribution in [0.3, 0.4) is 0 Å². The number of aryl methyl sites for hydroxylation is 1. The predicted octanol–water partition coefficient (Wildman–Crippen LogP) is 3.89. The standard InChI is InChI=1S/C24H24N6O3.CH4/c1-15-3-5-21(17(9-15)11-25)30-8-7-19-18(13-30)24(28-14-27-19)29-20(10-23(31)32)16-4-6-22(33-2)26-12-16;/h3-6,9,12,14,20H,7-8,10,13H2,1-2H3,(H,31,32)(H,27,28,29);1H4/t20-;/m1./s1. The van der Waals surface area contributed by atoms with Gasteiger partial charge >= 0.3 is 5.97 Å². The highest BCUT2D eigenvalue weighted by atomic mass is 16.5. The van der Waals surface area contributed by atoms with Gasteiger partial charge in [-0.05, 0) is 30.2 Å². The quantitative estimate of drug-likeness (QED) is 0.540. The fourth-order valence-corrected chi connectivity index (χ4v) is 4.00. The number of ether oxygens (including phenoxy) is 1. The molecule has 1 atom stereocenters. The van der Waals surface area contributed by atoms with Gasteiger partial charge in [-0.2, -0.15) is 5.26 Å². The van der Waals surface area contributed by atoms with Crippen molar-refractivity contribution in [1.82, 2.24) is 15.0 Å². The van der Waals surface area contributed by atoms with Gasteiger partial charge in [0, 0.05) is 37.3 Å². The van der Waals surface area contributed by atoms with E-state index in [9.17, 15) is 15.2 Å². The van der Waals surface area contributed by atoms with Crippen LogP contribution in [0.5, 0.6) is 5.88 Å². The first-order valence-corrected chi connectivity index (χ1v) is 10.5. The van der Waals surface area contributed by atoms with Crippen molar-refractivity contribution in [3.05, 3.63) is 70.8 Å². The monoisotopic (exact) mass is 460 g/mol. The molecule has 0 unspecified atom stereocenters. The first kappa shape index (κ1) is 24.5. The number of aromatic nitrogens is 3. The van der Waals surface area contributed by atoms with Crippen LogP contribution in [-0.4, -0.2) is 39.7 Å². The molecule has 176 valence electrons. The summed E-state index contributed by atoms with van der Waals surface area (Å²) in [5, 5.41) is 22.4. The number of methoxy groups -OCH3 is 1. The highest BCUT2D eigenvalue weighted by molar-refractivity contribution is 5.69. The summed E-state index contributed by atoms with van der Waals surface area (Å²) in [5.74, 6) is 0.0952. The number of carbonyl (C=O) groups is 1. The lowest BCUT2D eigenvalue weighted by molar-refractivity contribution is -0.137. The second-order valence-electron chi connectivity index (χ2n) is 7.88. The fourth-order valence-electron chi connectivity index (χ4n) is 4.00. The Balaban J connectivity index is 0.00000324. The van der Waals surface area contributed by atoms with Crippen molar-refractivity contribution in [1.29, 1.82) is 5.26 Å². The minimum atomic E-state index is -0.939. The molecule has 0 saturated heterocycles. The van der Waals surface area contributed by atoms with Crippen molar-refractivity contribution in [3.8, 4) is 11.9 Å². The summed E-state index contributed by atoms with van der Waals surface area (Å²) in [7, 11) is 1.53. The highest BCUT2D eigenvalue weighted by Gasteiger charge is 2.25. The number of carboxylic acids is 1. The normalized spacial score (nSPS) is 13.1. The van der Waals surface area contributed by atoms with Crippen LogP contribution in [0.4, 0.5) is 11.5 Å². The molecule has 9 heteroatoms. The molecule has 0 fully saturated rings. The van der Waals surface area contributed by atoms with Gasteiger partial charge < -0.3 is 20.1 Å². The number of nitrogens with zero attached hydrogens (tertiary/aromatic N) is 5. The SMILES string of the molecule is C.COc1ccc([C@@H](CC(=O)O)Nc2ncnc3c2CN(c2ccc(C)cc2C#N)CC3)cn1. The molecule has 0 amide bonds. The molecular formula is C25H28N6O3. The maximum atomic E-state index is 11.6. The van der Waals surface area contributed by atoms with Gasteiger partial charge in [0.25, 0.3) is 0 Å². The van der Waals surface area contributed by atoms with Gasteiger partial charge in [-0.1, -0.05) is 19.6 Å². The van der Waals surface area contributed by atoms with Crippen LogP contribution in [0.1, 0.15) is 47.8 Å². The molecule has 0 aliphatic carbocycles. The second-order valence-corrected chi connectivity index (χ2v) is 7.88. The average molecular weight is 461 g/mol. The summed E-state index contributed by atoms with van der Waals surface area (Å²) in [4.78, 5) is 26.8. The summed E-state index contributed by atoms with van der Waals surface area (Å²) in [6.07, 6.45) is 3.64. The zero-order valence-electron chi connectivity index (χ0n) is 18.4. The number of nitriles is 1. The van der Waals surface area contributed by atoms with Crippen LogP contribution in [0, 0.1) is 18.3 Å². The lowest BCUT2D eigenvalue weighted by Gasteiger charge is -2.32. The van der Waals surface area contributed by atoms with E-state index in [-0.39, 0.29) is 13.8 Å². The smallest absolute Gasteiger partial charge is 0.305 e. The number of aliphatic carboxylic acids is 1. The van der Waals surface area contributed by atoms with E-state index < -0.39 is 12.0 Å². The van der Waals surface area contributed by atoms with E-state index in [1.165, 1.54) is 13.4 Å². The van der Waals surface area contributed by atoms with E-state index in [1.807, 2.05) is 25.1 Å². The molecule has 0 spiro atoms. The number of pyridine rings is 1. The van der Waals surface area contributed by atoms with Gasteiger partial charge in [0.2, 0.25) is 5.88 Å². The van der Waals surface area contributed by atoms with E-state index in [0.717, 1.165) is 29.1 Å². The number of carboxylic acid groups (broad SMARTS) is 1. The molecule has 0 radical (unpaired) electrons. The largest absolute Gasteiger partial charge is 0.481 e. The molecule has 34 heavy (non-hydrogen) atoms. The Morgan fingerprint density at radius 3 is 2.79 bits per heavy atom. The third kappa shape index (κ3) is 5.23. The molecule has 2 N–H and O–H groups in total. The van der Waals surface area contributed by atoms with Crippen molar-refractivity contribution in [2.24, 2.45) is 0 Å². The molecule has 0 saturated carbocycles. The fraction of sp³-hybridized carbons (Fsp3) is 0.320. The Morgan fingerprint density at radius 2 is 2.12 bits per heavy atom. The second kappa shape index (κ2) is 10.6. The Hall–Kier alpha value is -4.19. The van der Waals surface area contributed by atoms with Gasteiger partial charge in [0.1, 0.15) is 18.2 Å². The molecule has 9 nitrogen and oxygen atoms in total. The van der Waals surface area contributed by atoms with E-state index in [2.05, 4.69) is 31.2 Å². The summed E-state index contributed by atoms with van der Waals surface area (Å²) < 4.78 is 5.11. The number of rotatable bonds is 7. The first-order valence-electron chi connectivity index (χ1n) is 10.5. The van der Waals surface area contributed by atoms with E-state index in [4.69, 9.17) is 4.74 Å². The highest BCUT2D eigenvalue weighted by Crippen LogP contribution is 2.32. The minimum Gasteiger partial charge on any atom is -0.481 e. The molecule has 4 rings (SSSR count). The molecule has 3 aromatic rings. The number of benzene rings is 1. The van der Waals surface area contributed by atoms with Gasteiger partial charge in [-0.25, -0.2) is 15.0 Å². The molecule has 2 aromatic heterocycles. The zero-order chi connectivity index (χ0) is 23.4. The van der Waals surface area contributed by atoms with Crippen molar-refractivity contribution >= 4 is 17.5 Å². The minimum absolute atomic E-state index is 0. The average Bonchev–Trinajstić information content (AvgIpc) is 2.83. The van der Waals surface area contributed by atoms with Crippen LogP contribution < -0.4 is 15.0 Å². The van der Waals surface area contributed by atoms with E-state index in [0.29, 0.717) is 35.8 Å². The van der Waals surface area contributed by atoms with Crippen LogP contribution in [-0.2, 0) is 17.8 Å². The van der Waals surface area contributed by atoms with Crippen LogP contribution in [0.25, 0.3) is 0 Å². The van der Waals surface area contributed by atoms with Crippen LogP contribution in [0.15, 0.2) is 42.9 Å². The molecular weight excluding hydrogens is 432 g/mol. The molecule has 1 aromatic carbocycles. The Kier molecular flexibility index (Phi) is 7.64. The Bertz CT molecular complexity index is 1210. The van der Waals surface area contributed by atoms with Gasteiger partial charge in [0.05, 0.1) is 36.5 Å². The summed E-state index contributed by atoms with van der Waals surface area (Å²) in [6.45, 7) is 3.20. The maximum absolute atomic E-state index is 11.6. The Morgan fingerprint density at radius 1 is 1.29 bits per heavy atom. The van der Waals surface area contributed by atoms with Crippen molar-refractivity contribution < 1.29 is 14.6 Å². The number of nitrogens with one attached hydrogen (secondary N) is 1. The van der Waals surface area contributed by atoms with E-state index >= 15 is 0 Å². The topological polar surface area (TPSA) is 124 Å². The molecule has 1 aliphatic heterocycles. The predicted molar refractivity (Wildman–Crippen MR) is 129 cm³/mol. The summed E-state index contributed by atoms with van der Waals surface area (Å²) >= 11 is 0. The van der Waals surface area contributed by atoms with Gasteiger partial charge in [-0.3, -0.25) is 4.79 Å². The van der Waals surface area contributed by atoms with Crippen molar-refractivity contribution in [3.63, 3.8) is 0 Å². The van der Waals surface area contributed by atoms with E-state index in [1.54, 1.807) is 18.3 Å². The lowest BCUT2D eigenvalue weighted by Crippen LogP contribution is -2.33. The molecule has 0 bridgehead atoms. The number of anilines is 2. The summed E-state index contributed by atoms with van der Waals surface area (Å²) in [6, 6.07) is 11.1. The summed E-state index contributed by atoms with van der Waals surface area (Å²) in [5.41, 5.74) is 5.04. The van der Waals surface area contributed by atoms with Gasteiger partial charge in [-0.15, -0.1) is 0 Å². The van der Waals surface area contributed by atoms with Gasteiger partial charge in [0.15, 0.2) is 0 Å². The van der Waals surface area contributed by atoms with Crippen LogP contribution >= 0.6 is 0 Å². The molecule has 1 aliphatic rings. The van der Waals surface area contributed by atoms with Crippen LogP contribution in [0.2, 0.25) is 0 Å². The Labute approximate surface area is 199 Å². The maximum Gasteiger partial charge on any atom is 0.305 e. The van der Waals surface area contributed by atoms with Crippen molar-refractivity contribution in [2.75, 3.05) is 23.9 Å². The third-order valence-corrected chi connectivity index (χ3v) is 5.68. The number of hydrogen-bond donors (Lipinski definition) is 2. The first-order chi connectivity index (χ1) is 16.0. The number of hydrogen-bond acceptors (Lipinski definition) is 8. The zero-order valence-corrected chi connectivity index (χ0v) is 18.4.